The molecule has 15 heteroatoms. The third-order valence-corrected chi connectivity index (χ3v) is 5.32. The van der Waals surface area contributed by atoms with E-state index in [0.717, 1.165) is 0 Å². The highest BCUT2D eigenvalue weighted by Gasteiger charge is 2.48. The average molecular weight is 457 g/mol. The van der Waals surface area contributed by atoms with Crippen LogP contribution in [0.5, 0.6) is 0 Å². The number of hydroxylamine groups is 2. The zero-order valence-corrected chi connectivity index (χ0v) is 17.3. The maximum absolute atomic E-state index is 12.0. The summed E-state index contributed by atoms with van der Waals surface area (Å²) in [7, 11) is -4.86. The maximum Gasteiger partial charge on any atom is 0.333 e. The summed E-state index contributed by atoms with van der Waals surface area (Å²) in [5.41, 5.74) is -3.15. The molecule has 2 N–H and O–H groups in total. The monoisotopic (exact) mass is 457 g/mol. The van der Waals surface area contributed by atoms with Crippen molar-refractivity contribution in [2.75, 3.05) is 0 Å². The van der Waals surface area contributed by atoms with Crippen molar-refractivity contribution in [3.63, 3.8) is 0 Å². The molecule has 1 rings (SSSR count). The summed E-state index contributed by atoms with van der Waals surface area (Å²) in [5, 5.41) is 32.6. The number of imide groups is 1. The maximum atomic E-state index is 12.0. The Labute approximate surface area is 176 Å². The SMILES string of the molecule is CC(C#N)(CCC(=O)O)N=NC(C)(C#N)CCC(=O)ON1C(=O)CC(S(=O)(=O)O)C1=O. The lowest BCUT2D eigenvalue weighted by Gasteiger charge is -2.19. The molecule has 0 aromatic heterocycles. The minimum atomic E-state index is -4.86. The van der Waals surface area contributed by atoms with Crippen molar-refractivity contribution < 1.29 is 42.1 Å². The van der Waals surface area contributed by atoms with E-state index in [-0.39, 0.29) is 24.3 Å². The van der Waals surface area contributed by atoms with Gasteiger partial charge in [-0.15, -0.1) is 5.06 Å². The first-order valence-electron chi connectivity index (χ1n) is 8.68. The number of carboxylic acid groups (broad SMARTS) is 1. The van der Waals surface area contributed by atoms with Gasteiger partial charge in [-0.2, -0.15) is 29.2 Å². The van der Waals surface area contributed by atoms with Crippen LogP contribution < -0.4 is 0 Å². The topological polar surface area (TPSA) is 228 Å². The van der Waals surface area contributed by atoms with Gasteiger partial charge in [0, 0.05) is 6.42 Å². The summed E-state index contributed by atoms with van der Waals surface area (Å²) in [5.74, 6) is -4.88. The molecule has 1 saturated heterocycles. The summed E-state index contributed by atoms with van der Waals surface area (Å²) in [6.07, 6.45) is -2.28. The second kappa shape index (κ2) is 9.59. The molecule has 0 saturated carbocycles. The van der Waals surface area contributed by atoms with Crippen LogP contribution >= 0.6 is 0 Å². The third kappa shape index (κ3) is 7.09. The molecule has 0 aromatic carbocycles. The number of nitriles is 2. The number of carboxylic acids is 1. The first kappa shape index (κ1) is 25.6. The van der Waals surface area contributed by atoms with E-state index in [1.54, 1.807) is 12.1 Å². The average Bonchev–Trinajstić information content (AvgIpc) is 2.98. The van der Waals surface area contributed by atoms with Gasteiger partial charge in [-0.05, 0) is 26.7 Å². The van der Waals surface area contributed by atoms with Gasteiger partial charge in [0.05, 0.1) is 25.0 Å². The second-order valence-corrected chi connectivity index (χ2v) is 8.66. The van der Waals surface area contributed by atoms with E-state index >= 15 is 0 Å². The molecule has 0 aromatic rings. The van der Waals surface area contributed by atoms with Crippen molar-refractivity contribution in [1.29, 1.82) is 10.5 Å². The van der Waals surface area contributed by atoms with Crippen molar-refractivity contribution in [2.45, 2.75) is 62.3 Å². The molecule has 1 heterocycles. The van der Waals surface area contributed by atoms with E-state index in [9.17, 15) is 38.1 Å². The number of hydrogen-bond donors (Lipinski definition) is 2. The molecule has 1 aliphatic rings. The molecule has 31 heavy (non-hydrogen) atoms. The van der Waals surface area contributed by atoms with Crippen LogP contribution in [0.3, 0.4) is 0 Å². The fourth-order valence-corrected chi connectivity index (χ4v) is 2.94. The number of amides is 2. The molecule has 1 fully saturated rings. The second-order valence-electron chi connectivity index (χ2n) is 7.06. The van der Waals surface area contributed by atoms with E-state index in [1.165, 1.54) is 13.8 Å². The van der Waals surface area contributed by atoms with Gasteiger partial charge >= 0.3 is 11.9 Å². The van der Waals surface area contributed by atoms with E-state index in [0.29, 0.717) is 0 Å². The van der Waals surface area contributed by atoms with Crippen LogP contribution in [-0.4, -0.2) is 63.2 Å². The van der Waals surface area contributed by atoms with Gasteiger partial charge in [0.15, 0.2) is 16.3 Å². The Morgan fingerprint density at radius 1 is 1.16 bits per heavy atom. The Morgan fingerprint density at radius 2 is 1.65 bits per heavy atom. The van der Waals surface area contributed by atoms with E-state index < -0.39 is 63.0 Å². The van der Waals surface area contributed by atoms with Crippen molar-refractivity contribution in [2.24, 2.45) is 10.2 Å². The smallest absolute Gasteiger partial charge is 0.333 e. The highest BCUT2D eigenvalue weighted by molar-refractivity contribution is 7.87. The van der Waals surface area contributed by atoms with E-state index in [2.05, 4.69) is 15.1 Å². The summed E-state index contributed by atoms with van der Waals surface area (Å²) in [4.78, 5) is 50.7. The first-order valence-corrected chi connectivity index (χ1v) is 10.2. The van der Waals surface area contributed by atoms with Crippen LogP contribution in [0.25, 0.3) is 0 Å². The van der Waals surface area contributed by atoms with E-state index in [4.69, 9.17) is 9.66 Å². The quantitative estimate of drug-likeness (QED) is 0.254. The largest absolute Gasteiger partial charge is 0.481 e. The minimum Gasteiger partial charge on any atom is -0.481 e. The summed E-state index contributed by atoms with van der Waals surface area (Å²) < 4.78 is 31.1. The van der Waals surface area contributed by atoms with Gasteiger partial charge in [-0.1, -0.05) is 0 Å². The number of rotatable bonds is 10. The Bertz CT molecular complexity index is 996. The number of hydrogen-bond acceptors (Lipinski definition) is 11. The molecule has 2 amide bonds. The number of nitrogens with zero attached hydrogens (tertiary/aromatic N) is 5. The number of carbonyl (C=O) groups excluding carboxylic acids is 3. The van der Waals surface area contributed by atoms with Crippen LogP contribution in [0.4, 0.5) is 0 Å². The van der Waals surface area contributed by atoms with Crippen molar-refractivity contribution in [1.82, 2.24) is 5.06 Å². The van der Waals surface area contributed by atoms with Crippen molar-refractivity contribution in [3.05, 3.63) is 0 Å². The van der Waals surface area contributed by atoms with Gasteiger partial charge in [0.2, 0.25) is 0 Å². The van der Waals surface area contributed by atoms with Crippen molar-refractivity contribution >= 4 is 33.9 Å². The third-order valence-electron chi connectivity index (χ3n) is 4.23. The van der Waals surface area contributed by atoms with Crippen LogP contribution in [0, 0.1) is 22.7 Å². The normalized spacial score (nSPS) is 20.5. The summed E-state index contributed by atoms with van der Waals surface area (Å²) in [6, 6.07) is 3.57. The zero-order chi connectivity index (χ0) is 24.0. The number of azo groups is 1. The fraction of sp³-hybridized carbons (Fsp3) is 0.625. The lowest BCUT2D eigenvalue weighted by Crippen LogP contribution is -2.37. The molecule has 0 bridgehead atoms. The molecule has 3 unspecified atom stereocenters. The zero-order valence-electron chi connectivity index (χ0n) is 16.5. The predicted molar refractivity (Wildman–Crippen MR) is 96.9 cm³/mol. The minimum absolute atomic E-state index is 0.0648. The highest BCUT2D eigenvalue weighted by atomic mass is 32.2. The Balaban J connectivity index is 2.79. The van der Waals surface area contributed by atoms with Gasteiger partial charge in [-0.3, -0.25) is 18.9 Å². The molecule has 3 atom stereocenters. The Hall–Kier alpha value is -3.43. The van der Waals surface area contributed by atoms with Gasteiger partial charge < -0.3 is 9.94 Å². The van der Waals surface area contributed by atoms with Crippen LogP contribution in [0.15, 0.2) is 10.2 Å². The summed E-state index contributed by atoms with van der Waals surface area (Å²) >= 11 is 0. The Kier molecular flexibility index (Phi) is 7.92. The number of carbonyl (C=O) groups is 4. The van der Waals surface area contributed by atoms with Gasteiger partial charge in [-0.25, -0.2) is 4.79 Å². The van der Waals surface area contributed by atoms with Crippen LogP contribution in [0.2, 0.25) is 0 Å². The predicted octanol–water partition coefficient (Wildman–Crippen LogP) is 0.122. The lowest BCUT2D eigenvalue weighted by atomic mass is 9.97. The number of aliphatic carboxylic acids is 1. The van der Waals surface area contributed by atoms with Crippen LogP contribution in [0.1, 0.15) is 46.0 Å². The molecule has 0 spiro atoms. The highest BCUT2D eigenvalue weighted by Crippen LogP contribution is 2.24. The molecular weight excluding hydrogens is 438 g/mol. The molecule has 1 aliphatic heterocycles. The standard InChI is InChI=1S/C16H19N5O9S/c1-15(8-17,5-3-12(23)24)19-20-16(2,9-18)6-4-13(25)30-21-11(22)7-10(14(21)26)31(27,28)29/h10H,3-7H2,1-2H3,(H,23,24)(H,27,28,29). The molecule has 168 valence electrons. The summed E-state index contributed by atoms with van der Waals surface area (Å²) in [6.45, 7) is 2.60. The fourth-order valence-electron chi connectivity index (χ4n) is 2.23. The first-order chi connectivity index (χ1) is 14.2. The van der Waals surface area contributed by atoms with Gasteiger partial charge in [0.25, 0.3) is 21.9 Å². The molecular formula is C16H19N5O9S. The van der Waals surface area contributed by atoms with Crippen LogP contribution in [-0.2, 0) is 34.1 Å². The van der Waals surface area contributed by atoms with Crippen molar-refractivity contribution in [3.8, 4) is 12.1 Å². The van der Waals surface area contributed by atoms with Gasteiger partial charge in [0.1, 0.15) is 0 Å². The molecule has 0 aliphatic carbocycles. The lowest BCUT2D eigenvalue weighted by molar-refractivity contribution is -0.197. The Morgan fingerprint density at radius 3 is 2.03 bits per heavy atom. The molecule has 0 radical (unpaired) electrons. The molecule has 14 nitrogen and oxygen atoms in total. The van der Waals surface area contributed by atoms with E-state index in [1.807, 2.05) is 0 Å².